The van der Waals surface area contributed by atoms with E-state index in [0.29, 0.717) is 5.82 Å². The number of piperazine rings is 1. The van der Waals surface area contributed by atoms with Crippen LogP contribution in [0.25, 0.3) is 0 Å². The Morgan fingerprint density at radius 3 is 2.48 bits per heavy atom. The third kappa shape index (κ3) is 5.03. The third-order valence-electron chi connectivity index (χ3n) is 5.49. The lowest BCUT2D eigenvalue weighted by atomic mass is 9.96. The van der Waals surface area contributed by atoms with Gasteiger partial charge in [0.15, 0.2) is 0 Å². The van der Waals surface area contributed by atoms with Gasteiger partial charge in [0.2, 0.25) is 5.95 Å². The second-order valence-corrected chi connectivity index (χ2v) is 7.30. The number of aryl methyl sites for hydroxylation is 1. The number of aromatic nitrogens is 2. The van der Waals surface area contributed by atoms with Crippen molar-refractivity contribution in [2.75, 3.05) is 76.7 Å². The molecule has 140 valence electrons. The van der Waals surface area contributed by atoms with Crippen LogP contribution in [0.1, 0.15) is 18.4 Å². The van der Waals surface area contributed by atoms with Crippen LogP contribution >= 0.6 is 0 Å². The van der Waals surface area contributed by atoms with E-state index in [1.165, 1.54) is 32.5 Å². The SMILES string of the molecule is COCCN1CCC(CN2CCN(c3ncc(C)c(N)n3)CC2)CC1. The van der Waals surface area contributed by atoms with Crippen LogP contribution in [0.5, 0.6) is 0 Å². The van der Waals surface area contributed by atoms with Gasteiger partial charge >= 0.3 is 0 Å². The lowest BCUT2D eigenvalue weighted by Crippen LogP contribution is -2.49. The largest absolute Gasteiger partial charge is 0.383 e. The molecule has 2 saturated heterocycles. The molecule has 2 fully saturated rings. The number of anilines is 2. The molecular weight excluding hydrogens is 316 g/mol. The molecule has 0 radical (unpaired) electrons. The molecule has 0 unspecified atom stereocenters. The number of hydrogen-bond acceptors (Lipinski definition) is 7. The number of ether oxygens (including phenoxy) is 1. The van der Waals surface area contributed by atoms with Crippen LogP contribution in [0.15, 0.2) is 6.20 Å². The van der Waals surface area contributed by atoms with Crippen LogP contribution in [0.4, 0.5) is 11.8 Å². The maximum Gasteiger partial charge on any atom is 0.227 e. The zero-order valence-corrected chi connectivity index (χ0v) is 15.7. The van der Waals surface area contributed by atoms with Crippen molar-refractivity contribution in [2.45, 2.75) is 19.8 Å². The summed E-state index contributed by atoms with van der Waals surface area (Å²) in [5, 5.41) is 0. The van der Waals surface area contributed by atoms with Gasteiger partial charge in [0.25, 0.3) is 0 Å². The Hall–Kier alpha value is -1.44. The molecule has 25 heavy (non-hydrogen) atoms. The summed E-state index contributed by atoms with van der Waals surface area (Å²) in [6.07, 6.45) is 4.43. The van der Waals surface area contributed by atoms with Crippen LogP contribution < -0.4 is 10.6 Å². The summed E-state index contributed by atoms with van der Waals surface area (Å²) >= 11 is 0. The van der Waals surface area contributed by atoms with E-state index in [0.717, 1.165) is 56.8 Å². The minimum absolute atomic E-state index is 0.590. The van der Waals surface area contributed by atoms with E-state index in [4.69, 9.17) is 10.5 Å². The Labute approximate surface area is 151 Å². The summed E-state index contributed by atoms with van der Waals surface area (Å²) in [5.41, 5.74) is 6.86. The lowest BCUT2D eigenvalue weighted by molar-refractivity contribution is 0.105. The molecule has 7 heteroatoms. The number of rotatable bonds is 6. The van der Waals surface area contributed by atoms with Crippen molar-refractivity contribution in [1.82, 2.24) is 19.8 Å². The molecular formula is C18H32N6O. The Morgan fingerprint density at radius 1 is 1.12 bits per heavy atom. The van der Waals surface area contributed by atoms with Gasteiger partial charge in [-0.25, -0.2) is 4.98 Å². The van der Waals surface area contributed by atoms with Gasteiger partial charge in [-0.15, -0.1) is 0 Å². The van der Waals surface area contributed by atoms with Crippen molar-refractivity contribution in [3.63, 3.8) is 0 Å². The number of nitrogens with two attached hydrogens (primary N) is 1. The Kier molecular flexibility index (Phi) is 6.45. The number of likely N-dealkylation sites (tertiary alicyclic amines) is 1. The smallest absolute Gasteiger partial charge is 0.227 e. The molecule has 0 spiro atoms. The molecule has 0 amide bonds. The predicted octanol–water partition coefficient (Wildman–Crippen LogP) is 0.848. The summed E-state index contributed by atoms with van der Waals surface area (Å²) in [4.78, 5) is 16.2. The van der Waals surface area contributed by atoms with Crippen LogP contribution in [-0.4, -0.2) is 85.8 Å². The molecule has 2 aliphatic rings. The number of nitrogen functional groups attached to an aromatic ring is 1. The Bertz CT molecular complexity index is 538. The zero-order chi connectivity index (χ0) is 17.6. The highest BCUT2D eigenvalue weighted by atomic mass is 16.5. The molecule has 0 saturated carbocycles. The van der Waals surface area contributed by atoms with Crippen LogP contribution in [0.3, 0.4) is 0 Å². The van der Waals surface area contributed by atoms with Gasteiger partial charge in [0, 0.05) is 58.1 Å². The lowest BCUT2D eigenvalue weighted by Gasteiger charge is -2.38. The van der Waals surface area contributed by atoms with Crippen molar-refractivity contribution in [1.29, 1.82) is 0 Å². The topological polar surface area (TPSA) is 70.8 Å². The molecule has 0 aromatic carbocycles. The third-order valence-corrected chi connectivity index (χ3v) is 5.49. The average Bonchev–Trinajstić information content (AvgIpc) is 2.64. The van der Waals surface area contributed by atoms with Gasteiger partial charge in [-0.3, -0.25) is 4.90 Å². The first-order valence-corrected chi connectivity index (χ1v) is 9.43. The first-order chi connectivity index (χ1) is 12.2. The molecule has 3 rings (SSSR count). The second kappa shape index (κ2) is 8.78. The molecule has 1 aromatic heterocycles. The van der Waals surface area contributed by atoms with Crippen molar-refractivity contribution in [2.24, 2.45) is 5.92 Å². The van der Waals surface area contributed by atoms with Gasteiger partial charge in [-0.1, -0.05) is 0 Å². The molecule has 7 nitrogen and oxygen atoms in total. The molecule has 3 heterocycles. The van der Waals surface area contributed by atoms with Crippen molar-refractivity contribution in [3.8, 4) is 0 Å². The fourth-order valence-electron chi connectivity index (χ4n) is 3.71. The quantitative estimate of drug-likeness (QED) is 0.817. The predicted molar refractivity (Wildman–Crippen MR) is 101 cm³/mol. The van der Waals surface area contributed by atoms with E-state index in [-0.39, 0.29) is 0 Å². The summed E-state index contributed by atoms with van der Waals surface area (Å²) in [7, 11) is 1.78. The molecule has 0 aliphatic carbocycles. The first-order valence-electron chi connectivity index (χ1n) is 9.43. The standard InChI is InChI=1S/C18H32N6O/c1-15-13-20-18(21-17(15)19)24-9-7-23(8-10-24)14-16-3-5-22(6-4-16)11-12-25-2/h13,16H,3-12,14H2,1-2H3,(H2,19,20,21). The van der Waals surface area contributed by atoms with Crippen LogP contribution in [0.2, 0.25) is 0 Å². The highest BCUT2D eigenvalue weighted by Gasteiger charge is 2.24. The highest BCUT2D eigenvalue weighted by molar-refractivity contribution is 5.43. The maximum absolute atomic E-state index is 5.92. The van der Waals surface area contributed by atoms with Crippen molar-refractivity contribution >= 4 is 11.8 Å². The van der Waals surface area contributed by atoms with E-state index in [9.17, 15) is 0 Å². The number of nitrogens with zero attached hydrogens (tertiary/aromatic N) is 5. The number of piperidine rings is 1. The van der Waals surface area contributed by atoms with E-state index < -0.39 is 0 Å². The summed E-state index contributed by atoms with van der Waals surface area (Å²) in [6, 6.07) is 0. The molecule has 2 N–H and O–H groups in total. The fraction of sp³-hybridized carbons (Fsp3) is 0.778. The molecule has 1 aromatic rings. The van der Waals surface area contributed by atoms with E-state index in [1.807, 2.05) is 13.1 Å². The monoisotopic (exact) mass is 348 g/mol. The van der Waals surface area contributed by atoms with E-state index in [2.05, 4.69) is 24.7 Å². The first kappa shape index (κ1) is 18.4. The summed E-state index contributed by atoms with van der Waals surface area (Å²) < 4.78 is 5.18. The number of hydrogen-bond donors (Lipinski definition) is 1. The molecule has 0 bridgehead atoms. The van der Waals surface area contributed by atoms with Crippen molar-refractivity contribution < 1.29 is 4.74 Å². The minimum atomic E-state index is 0.590. The number of methoxy groups -OCH3 is 1. The summed E-state index contributed by atoms with van der Waals surface area (Å²) in [6.45, 7) is 11.6. The van der Waals surface area contributed by atoms with Crippen molar-refractivity contribution in [3.05, 3.63) is 11.8 Å². The van der Waals surface area contributed by atoms with E-state index >= 15 is 0 Å². The average molecular weight is 348 g/mol. The van der Waals surface area contributed by atoms with Crippen LogP contribution in [-0.2, 0) is 4.74 Å². The van der Waals surface area contributed by atoms with Gasteiger partial charge in [0.05, 0.1) is 6.61 Å². The Balaban J connectivity index is 1.40. The van der Waals surface area contributed by atoms with Gasteiger partial charge in [0.1, 0.15) is 5.82 Å². The molecule has 0 atom stereocenters. The van der Waals surface area contributed by atoms with E-state index in [1.54, 1.807) is 7.11 Å². The van der Waals surface area contributed by atoms with Crippen LogP contribution in [0, 0.1) is 12.8 Å². The maximum atomic E-state index is 5.92. The second-order valence-electron chi connectivity index (χ2n) is 7.30. The van der Waals surface area contributed by atoms with Gasteiger partial charge in [-0.2, -0.15) is 4.98 Å². The molecule has 2 aliphatic heterocycles. The fourth-order valence-corrected chi connectivity index (χ4v) is 3.71. The highest BCUT2D eigenvalue weighted by Crippen LogP contribution is 2.20. The zero-order valence-electron chi connectivity index (χ0n) is 15.7. The van der Waals surface area contributed by atoms with Gasteiger partial charge in [-0.05, 0) is 38.8 Å². The van der Waals surface area contributed by atoms with Gasteiger partial charge < -0.3 is 20.3 Å². The normalized spacial score (nSPS) is 21.0. The minimum Gasteiger partial charge on any atom is -0.383 e. The Morgan fingerprint density at radius 2 is 1.84 bits per heavy atom. The summed E-state index contributed by atoms with van der Waals surface area (Å²) in [5.74, 6) is 2.19.